The molecule has 2 atom stereocenters. The molecule has 1 aromatic rings. The molecule has 0 spiro atoms. The molecule has 0 bridgehead atoms. The van der Waals surface area contributed by atoms with Crippen molar-refractivity contribution in [2.45, 2.75) is 38.1 Å². The minimum atomic E-state index is 0.736. The van der Waals surface area contributed by atoms with E-state index >= 15 is 0 Å². The van der Waals surface area contributed by atoms with Crippen molar-refractivity contribution in [1.82, 2.24) is 10.2 Å². The van der Waals surface area contributed by atoms with Gasteiger partial charge in [-0.2, -0.15) is 0 Å². The highest BCUT2D eigenvalue weighted by Crippen LogP contribution is 2.35. The molecule has 2 aliphatic rings. The molecule has 2 nitrogen and oxygen atoms in total. The van der Waals surface area contributed by atoms with Crippen LogP contribution in [0.3, 0.4) is 0 Å². The van der Waals surface area contributed by atoms with Crippen LogP contribution in [0.15, 0.2) is 24.3 Å². The van der Waals surface area contributed by atoms with Gasteiger partial charge in [0.1, 0.15) is 0 Å². The van der Waals surface area contributed by atoms with Gasteiger partial charge in [-0.15, -0.1) is 0 Å². The van der Waals surface area contributed by atoms with Crippen molar-refractivity contribution in [1.29, 1.82) is 0 Å². The summed E-state index contributed by atoms with van der Waals surface area (Å²) in [6.45, 7) is 7.16. The lowest BCUT2D eigenvalue weighted by atomic mass is 9.77. The van der Waals surface area contributed by atoms with Gasteiger partial charge in [0.2, 0.25) is 0 Å². The molecule has 0 amide bonds. The maximum atomic E-state index is 3.61. The number of fused-ring (bicyclic) bond motifs is 1. The molecule has 1 saturated heterocycles. The van der Waals surface area contributed by atoms with E-state index in [2.05, 4.69) is 41.4 Å². The fourth-order valence-electron chi connectivity index (χ4n) is 3.39. The maximum absolute atomic E-state index is 3.61. The van der Waals surface area contributed by atoms with Crippen LogP contribution in [-0.2, 0) is 6.42 Å². The van der Waals surface area contributed by atoms with Gasteiger partial charge in [-0.3, -0.25) is 0 Å². The Hall–Kier alpha value is -0.860. The Morgan fingerprint density at radius 3 is 2.89 bits per heavy atom. The third kappa shape index (κ3) is 2.45. The van der Waals surface area contributed by atoms with Crippen LogP contribution in [-0.4, -0.2) is 37.1 Å². The lowest BCUT2D eigenvalue weighted by Gasteiger charge is -2.35. The lowest BCUT2D eigenvalue weighted by Crippen LogP contribution is -2.41. The summed E-state index contributed by atoms with van der Waals surface area (Å²) in [4.78, 5) is 2.63. The molecule has 0 saturated carbocycles. The highest BCUT2D eigenvalue weighted by molar-refractivity contribution is 5.40. The fraction of sp³-hybridized carbons (Fsp3) is 0.625. The molecule has 1 aliphatic carbocycles. The molecule has 0 aromatic heterocycles. The van der Waals surface area contributed by atoms with Crippen LogP contribution in [0.25, 0.3) is 0 Å². The van der Waals surface area contributed by atoms with E-state index in [9.17, 15) is 0 Å². The van der Waals surface area contributed by atoms with Crippen LogP contribution < -0.4 is 5.32 Å². The first-order valence-electron chi connectivity index (χ1n) is 7.40. The van der Waals surface area contributed by atoms with Gasteiger partial charge in [0.15, 0.2) is 0 Å². The first kappa shape index (κ1) is 12.2. The van der Waals surface area contributed by atoms with Gasteiger partial charge in [-0.05, 0) is 43.5 Å². The van der Waals surface area contributed by atoms with Gasteiger partial charge in [0, 0.05) is 25.0 Å². The minimum Gasteiger partial charge on any atom is -0.313 e. The molecule has 1 N–H and O–H groups in total. The third-order valence-corrected chi connectivity index (χ3v) is 4.53. The van der Waals surface area contributed by atoms with Crippen molar-refractivity contribution >= 4 is 0 Å². The Morgan fingerprint density at radius 1 is 1.28 bits per heavy atom. The Morgan fingerprint density at radius 2 is 2.17 bits per heavy atom. The van der Waals surface area contributed by atoms with E-state index in [-0.39, 0.29) is 0 Å². The van der Waals surface area contributed by atoms with Crippen molar-refractivity contribution in [3.8, 4) is 0 Å². The summed E-state index contributed by atoms with van der Waals surface area (Å²) in [5.74, 6) is 0.780. The highest BCUT2D eigenvalue weighted by atomic mass is 15.2. The first-order valence-corrected chi connectivity index (χ1v) is 7.40. The summed E-state index contributed by atoms with van der Waals surface area (Å²) in [5.41, 5.74) is 3.16. The minimum absolute atomic E-state index is 0.736. The quantitative estimate of drug-likeness (QED) is 0.855. The number of nitrogens with zero attached hydrogens (tertiary/aromatic N) is 1. The fourth-order valence-corrected chi connectivity index (χ4v) is 3.39. The summed E-state index contributed by atoms with van der Waals surface area (Å²) in [5, 5.41) is 3.61. The maximum Gasteiger partial charge on any atom is 0.0195 e. The Bertz CT molecular complexity index is 396. The molecule has 1 fully saturated rings. The zero-order valence-electron chi connectivity index (χ0n) is 11.4. The summed E-state index contributed by atoms with van der Waals surface area (Å²) in [7, 11) is 0. The van der Waals surface area contributed by atoms with Gasteiger partial charge in [-0.1, -0.05) is 31.2 Å². The molecule has 1 aromatic carbocycles. The van der Waals surface area contributed by atoms with Gasteiger partial charge >= 0.3 is 0 Å². The Labute approximate surface area is 110 Å². The van der Waals surface area contributed by atoms with E-state index in [0.717, 1.165) is 12.0 Å². The van der Waals surface area contributed by atoms with Gasteiger partial charge in [0.05, 0.1) is 0 Å². The standard InChI is InChI=1S/C16H24N2/c1-2-18(12-15-7-5-9-17-15)11-14-10-13-6-3-4-8-16(13)14/h3-4,6,8,14-15,17H,2,5,7,9-12H2,1H3. The van der Waals surface area contributed by atoms with Crippen LogP contribution in [0, 0.1) is 0 Å². The second-order valence-electron chi connectivity index (χ2n) is 5.75. The Kier molecular flexibility index (Phi) is 3.67. The number of rotatable bonds is 5. The van der Waals surface area contributed by atoms with E-state index in [0.29, 0.717) is 0 Å². The predicted molar refractivity (Wildman–Crippen MR) is 76.0 cm³/mol. The van der Waals surface area contributed by atoms with E-state index in [4.69, 9.17) is 0 Å². The second-order valence-corrected chi connectivity index (χ2v) is 5.75. The molecular weight excluding hydrogens is 220 g/mol. The third-order valence-electron chi connectivity index (χ3n) is 4.53. The summed E-state index contributed by atoms with van der Waals surface area (Å²) in [6, 6.07) is 9.67. The highest BCUT2D eigenvalue weighted by Gasteiger charge is 2.27. The number of hydrogen-bond acceptors (Lipinski definition) is 2. The second kappa shape index (κ2) is 5.41. The molecule has 1 aliphatic heterocycles. The van der Waals surface area contributed by atoms with Gasteiger partial charge < -0.3 is 10.2 Å². The number of nitrogens with one attached hydrogen (secondary N) is 1. The topological polar surface area (TPSA) is 15.3 Å². The zero-order chi connectivity index (χ0) is 12.4. The van der Waals surface area contributed by atoms with Crippen LogP contribution in [0.1, 0.15) is 36.8 Å². The summed E-state index contributed by atoms with van der Waals surface area (Å²) in [6.07, 6.45) is 4.00. The molecular formula is C16H24N2. The molecule has 2 unspecified atom stereocenters. The molecule has 2 heteroatoms. The molecule has 0 radical (unpaired) electrons. The average molecular weight is 244 g/mol. The van der Waals surface area contributed by atoms with Crippen molar-refractivity contribution in [3.63, 3.8) is 0 Å². The first-order chi connectivity index (χ1) is 8.86. The van der Waals surface area contributed by atoms with E-state index in [1.807, 2.05) is 0 Å². The van der Waals surface area contributed by atoms with Crippen LogP contribution in [0.4, 0.5) is 0 Å². The van der Waals surface area contributed by atoms with E-state index < -0.39 is 0 Å². The van der Waals surface area contributed by atoms with Crippen molar-refractivity contribution < 1.29 is 0 Å². The van der Waals surface area contributed by atoms with Crippen LogP contribution in [0.2, 0.25) is 0 Å². The monoisotopic (exact) mass is 244 g/mol. The van der Waals surface area contributed by atoms with Crippen LogP contribution >= 0.6 is 0 Å². The molecule has 98 valence electrons. The molecule has 3 rings (SSSR count). The normalized spacial score (nSPS) is 26.1. The van der Waals surface area contributed by atoms with Crippen molar-refractivity contribution in [2.24, 2.45) is 0 Å². The average Bonchev–Trinajstić information content (AvgIpc) is 2.87. The SMILES string of the molecule is CCN(CC1CCCN1)CC1Cc2ccccc21. The predicted octanol–water partition coefficient (Wildman–Crippen LogP) is 2.40. The summed E-state index contributed by atoms with van der Waals surface area (Å²) >= 11 is 0. The Balaban J connectivity index is 1.55. The van der Waals surface area contributed by atoms with Gasteiger partial charge in [-0.25, -0.2) is 0 Å². The number of hydrogen-bond donors (Lipinski definition) is 1. The summed E-state index contributed by atoms with van der Waals surface area (Å²) < 4.78 is 0. The molecule has 1 heterocycles. The largest absolute Gasteiger partial charge is 0.313 e. The zero-order valence-corrected chi connectivity index (χ0v) is 11.4. The van der Waals surface area contributed by atoms with Crippen LogP contribution in [0.5, 0.6) is 0 Å². The number of likely N-dealkylation sites (N-methyl/N-ethyl adjacent to an activating group) is 1. The van der Waals surface area contributed by atoms with E-state index in [1.54, 1.807) is 11.1 Å². The van der Waals surface area contributed by atoms with Crippen molar-refractivity contribution in [2.75, 3.05) is 26.2 Å². The lowest BCUT2D eigenvalue weighted by molar-refractivity contribution is 0.238. The molecule has 18 heavy (non-hydrogen) atoms. The van der Waals surface area contributed by atoms with E-state index in [1.165, 1.54) is 45.4 Å². The van der Waals surface area contributed by atoms with Crippen molar-refractivity contribution in [3.05, 3.63) is 35.4 Å². The number of benzene rings is 1. The van der Waals surface area contributed by atoms with Gasteiger partial charge in [0.25, 0.3) is 0 Å². The smallest absolute Gasteiger partial charge is 0.0195 e.